The van der Waals surface area contributed by atoms with Gasteiger partial charge < -0.3 is 9.88 Å². The van der Waals surface area contributed by atoms with E-state index in [0.29, 0.717) is 6.04 Å². The number of hydrogen-bond acceptors (Lipinski definition) is 2. The molecule has 3 unspecified atom stereocenters. The minimum Gasteiger partial charge on any atom is -0.338 e. The Kier molecular flexibility index (Phi) is 5.03. The van der Waals surface area contributed by atoms with E-state index in [4.69, 9.17) is 0 Å². The molecule has 1 aromatic rings. The van der Waals surface area contributed by atoms with E-state index >= 15 is 0 Å². The van der Waals surface area contributed by atoms with Gasteiger partial charge in [0.15, 0.2) is 0 Å². The Morgan fingerprint density at radius 1 is 1.42 bits per heavy atom. The molecule has 1 heterocycles. The van der Waals surface area contributed by atoms with Crippen molar-refractivity contribution >= 4 is 0 Å². The molecule has 19 heavy (non-hydrogen) atoms. The van der Waals surface area contributed by atoms with Gasteiger partial charge in [0.2, 0.25) is 0 Å². The fourth-order valence-electron chi connectivity index (χ4n) is 3.56. The lowest BCUT2D eigenvalue weighted by atomic mass is 9.72. The molecule has 1 saturated carbocycles. The summed E-state index contributed by atoms with van der Waals surface area (Å²) < 4.78 is 2.15. The van der Waals surface area contributed by atoms with Crippen molar-refractivity contribution in [3.63, 3.8) is 0 Å². The predicted octanol–water partition coefficient (Wildman–Crippen LogP) is 3.01. The van der Waals surface area contributed by atoms with E-state index in [9.17, 15) is 0 Å². The molecule has 0 bridgehead atoms. The summed E-state index contributed by atoms with van der Waals surface area (Å²) in [6.07, 6.45) is 10.4. The topological polar surface area (TPSA) is 29.9 Å². The summed E-state index contributed by atoms with van der Waals surface area (Å²) >= 11 is 0. The SMILES string of the molecule is CNC1CCC(C(C)C)CC1CCc1nccn1C. The second-order valence-electron chi connectivity index (χ2n) is 6.47. The van der Waals surface area contributed by atoms with Crippen LogP contribution in [0.4, 0.5) is 0 Å². The van der Waals surface area contributed by atoms with Crippen LogP contribution in [0.3, 0.4) is 0 Å². The summed E-state index contributed by atoms with van der Waals surface area (Å²) in [6, 6.07) is 0.704. The maximum Gasteiger partial charge on any atom is 0.108 e. The Balaban J connectivity index is 1.93. The minimum absolute atomic E-state index is 0.704. The van der Waals surface area contributed by atoms with Crippen LogP contribution in [-0.2, 0) is 13.5 Å². The normalized spacial score (nSPS) is 27.9. The third-order valence-electron chi connectivity index (χ3n) is 5.00. The molecule has 3 atom stereocenters. The van der Waals surface area contributed by atoms with Gasteiger partial charge in [-0.3, -0.25) is 0 Å². The summed E-state index contributed by atoms with van der Waals surface area (Å²) in [6.45, 7) is 4.75. The second-order valence-corrected chi connectivity index (χ2v) is 6.47. The fourth-order valence-corrected chi connectivity index (χ4v) is 3.56. The molecular weight excluding hydrogens is 234 g/mol. The van der Waals surface area contributed by atoms with Crippen molar-refractivity contribution in [2.45, 2.75) is 52.0 Å². The van der Waals surface area contributed by atoms with Crippen LogP contribution in [0.1, 0.15) is 45.4 Å². The van der Waals surface area contributed by atoms with Crippen LogP contribution in [0.25, 0.3) is 0 Å². The number of nitrogens with one attached hydrogen (secondary N) is 1. The van der Waals surface area contributed by atoms with Gasteiger partial charge in [-0.25, -0.2) is 4.98 Å². The maximum absolute atomic E-state index is 4.45. The van der Waals surface area contributed by atoms with Crippen LogP contribution in [0, 0.1) is 17.8 Å². The third kappa shape index (κ3) is 3.59. The van der Waals surface area contributed by atoms with Crippen molar-refractivity contribution in [3.05, 3.63) is 18.2 Å². The molecule has 1 aromatic heterocycles. The standard InChI is InChI=1S/C16H29N3/c1-12(2)13-5-7-15(17-3)14(11-13)6-8-16-18-9-10-19(16)4/h9-10,12-15,17H,5-8,11H2,1-4H3. The van der Waals surface area contributed by atoms with Crippen molar-refractivity contribution < 1.29 is 0 Å². The van der Waals surface area contributed by atoms with E-state index in [1.54, 1.807) is 0 Å². The van der Waals surface area contributed by atoms with Gasteiger partial charge in [-0.2, -0.15) is 0 Å². The van der Waals surface area contributed by atoms with Gasteiger partial charge in [-0.15, -0.1) is 0 Å². The van der Waals surface area contributed by atoms with Crippen LogP contribution in [-0.4, -0.2) is 22.6 Å². The van der Waals surface area contributed by atoms with Crippen molar-refractivity contribution in [1.29, 1.82) is 0 Å². The molecule has 0 radical (unpaired) electrons. The Bertz CT molecular complexity index is 383. The minimum atomic E-state index is 0.704. The molecule has 0 aliphatic heterocycles. The first-order valence-corrected chi connectivity index (χ1v) is 7.75. The van der Waals surface area contributed by atoms with E-state index in [1.807, 2.05) is 12.4 Å². The highest BCUT2D eigenvalue weighted by Crippen LogP contribution is 2.35. The van der Waals surface area contributed by atoms with Gasteiger partial charge in [-0.05, 0) is 50.5 Å². The van der Waals surface area contributed by atoms with E-state index in [2.05, 4.69) is 42.8 Å². The van der Waals surface area contributed by atoms with E-state index in [0.717, 1.165) is 24.2 Å². The number of nitrogens with zero attached hydrogens (tertiary/aromatic N) is 2. The summed E-state index contributed by atoms with van der Waals surface area (Å²) in [5.74, 6) is 3.77. The second kappa shape index (κ2) is 6.56. The average Bonchev–Trinajstić information content (AvgIpc) is 2.81. The lowest BCUT2D eigenvalue weighted by Gasteiger charge is -2.38. The maximum atomic E-state index is 4.45. The molecule has 0 saturated heterocycles. The number of hydrogen-bond donors (Lipinski definition) is 1. The first-order chi connectivity index (χ1) is 9.11. The molecule has 0 spiro atoms. The van der Waals surface area contributed by atoms with Crippen LogP contribution in [0.15, 0.2) is 12.4 Å². The predicted molar refractivity (Wildman–Crippen MR) is 80.0 cm³/mol. The molecule has 2 rings (SSSR count). The van der Waals surface area contributed by atoms with Crippen LogP contribution in [0.5, 0.6) is 0 Å². The van der Waals surface area contributed by atoms with Crippen molar-refractivity contribution in [1.82, 2.24) is 14.9 Å². The highest BCUT2D eigenvalue weighted by Gasteiger charge is 2.30. The van der Waals surface area contributed by atoms with E-state index < -0.39 is 0 Å². The number of rotatable bonds is 5. The number of aryl methyl sites for hydroxylation is 2. The van der Waals surface area contributed by atoms with Crippen LogP contribution < -0.4 is 5.32 Å². The van der Waals surface area contributed by atoms with Gasteiger partial charge in [-0.1, -0.05) is 13.8 Å². The van der Waals surface area contributed by atoms with Gasteiger partial charge in [0.05, 0.1) is 0 Å². The third-order valence-corrected chi connectivity index (χ3v) is 5.00. The summed E-state index contributed by atoms with van der Waals surface area (Å²) in [7, 11) is 4.21. The van der Waals surface area contributed by atoms with Gasteiger partial charge >= 0.3 is 0 Å². The molecule has 1 fully saturated rings. The molecule has 0 aromatic carbocycles. The Hall–Kier alpha value is -0.830. The zero-order valence-electron chi connectivity index (χ0n) is 12.9. The molecule has 1 N–H and O–H groups in total. The van der Waals surface area contributed by atoms with Gasteiger partial charge in [0.1, 0.15) is 5.82 Å². The van der Waals surface area contributed by atoms with Gasteiger partial charge in [0, 0.05) is 31.9 Å². The van der Waals surface area contributed by atoms with Crippen LogP contribution >= 0.6 is 0 Å². The molecular formula is C16H29N3. The smallest absolute Gasteiger partial charge is 0.108 e. The highest BCUT2D eigenvalue weighted by atomic mass is 15.0. The Morgan fingerprint density at radius 2 is 2.21 bits per heavy atom. The monoisotopic (exact) mass is 263 g/mol. The van der Waals surface area contributed by atoms with E-state index in [-0.39, 0.29) is 0 Å². The van der Waals surface area contributed by atoms with Crippen LogP contribution in [0.2, 0.25) is 0 Å². The number of aromatic nitrogens is 2. The van der Waals surface area contributed by atoms with E-state index in [1.165, 1.54) is 31.5 Å². The van der Waals surface area contributed by atoms with Crippen molar-refractivity contribution in [3.8, 4) is 0 Å². The summed E-state index contributed by atoms with van der Waals surface area (Å²) in [4.78, 5) is 4.45. The quantitative estimate of drug-likeness (QED) is 0.885. The first kappa shape index (κ1) is 14.6. The average molecular weight is 263 g/mol. The molecule has 108 valence electrons. The lowest BCUT2D eigenvalue weighted by Crippen LogP contribution is -2.40. The van der Waals surface area contributed by atoms with Gasteiger partial charge in [0.25, 0.3) is 0 Å². The zero-order chi connectivity index (χ0) is 13.8. The summed E-state index contributed by atoms with van der Waals surface area (Å²) in [5.41, 5.74) is 0. The summed E-state index contributed by atoms with van der Waals surface area (Å²) in [5, 5.41) is 3.53. The fraction of sp³-hybridized carbons (Fsp3) is 0.812. The zero-order valence-corrected chi connectivity index (χ0v) is 12.9. The Morgan fingerprint density at radius 3 is 2.79 bits per heavy atom. The van der Waals surface area contributed by atoms with Crippen molar-refractivity contribution in [2.24, 2.45) is 24.8 Å². The van der Waals surface area contributed by atoms with Crippen molar-refractivity contribution in [2.75, 3.05) is 7.05 Å². The largest absolute Gasteiger partial charge is 0.338 e. The molecule has 1 aliphatic carbocycles. The Labute approximate surface area is 117 Å². The molecule has 0 amide bonds. The number of imidazole rings is 1. The highest BCUT2D eigenvalue weighted by molar-refractivity contribution is 4.93. The molecule has 3 nitrogen and oxygen atoms in total. The lowest BCUT2D eigenvalue weighted by molar-refractivity contribution is 0.165. The molecule has 3 heteroatoms. The first-order valence-electron chi connectivity index (χ1n) is 7.75. The molecule has 1 aliphatic rings.